The number of allylic oxidation sites excluding steroid dienone is 1. The van der Waals surface area contributed by atoms with Crippen molar-refractivity contribution in [2.24, 2.45) is 0 Å². The zero-order chi connectivity index (χ0) is 18.4. The number of aromatic carboxylic acids is 1. The highest BCUT2D eigenvalue weighted by Crippen LogP contribution is 2.36. The molecule has 1 heterocycles. The summed E-state index contributed by atoms with van der Waals surface area (Å²) in [5.41, 5.74) is 2.53. The van der Waals surface area contributed by atoms with E-state index in [0.717, 1.165) is 11.1 Å². The summed E-state index contributed by atoms with van der Waals surface area (Å²) in [5, 5.41) is 20.1. The average molecular weight is 339 g/mol. The van der Waals surface area contributed by atoms with Crippen LogP contribution in [0.5, 0.6) is 11.5 Å². The third-order valence-electron chi connectivity index (χ3n) is 3.79. The molecule has 0 amide bonds. The van der Waals surface area contributed by atoms with Gasteiger partial charge in [-0.05, 0) is 49.1 Å². The molecule has 130 valence electrons. The second-order valence-electron chi connectivity index (χ2n) is 5.75. The van der Waals surface area contributed by atoms with Crippen molar-refractivity contribution >= 4 is 18.1 Å². The molecule has 2 N–H and O–H groups in total. The Morgan fingerprint density at radius 1 is 1.32 bits per heavy atom. The number of aromatic hydroxyl groups is 1. The standard InChI is InChI=1S/C20H21NO4/c1-13(2)4-7-16-17(25-3)12-15(18(19(16)22)20(23)24)6-5-14-8-10-21-11-9-14/h5-6,8-12,22H,1,4,7H2,2-3H3,(H,23,24)/b6-5+. The van der Waals surface area contributed by atoms with Crippen LogP contribution in [-0.2, 0) is 6.42 Å². The first-order chi connectivity index (χ1) is 11.9. The molecule has 0 saturated carbocycles. The van der Waals surface area contributed by atoms with Gasteiger partial charge in [-0.3, -0.25) is 4.98 Å². The molecule has 2 rings (SSSR count). The van der Waals surface area contributed by atoms with E-state index < -0.39 is 5.97 Å². The highest BCUT2D eigenvalue weighted by Gasteiger charge is 2.21. The summed E-state index contributed by atoms with van der Waals surface area (Å²) in [6.45, 7) is 5.72. The number of pyridine rings is 1. The number of hydrogen-bond acceptors (Lipinski definition) is 4. The number of benzene rings is 1. The van der Waals surface area contributed by atoms with Crippen LogP contribution in [0, 0.1) is 0 Å². The molecule has 2 aromatic rings. The number of ether oxygens (including phenoxy) is 1. The highest BCUT2D eigenvalue weighted by atomic mass is 16.5. The lowest BCUT2D eigenvalue weighted by atomic mass is 9.96. The lowest BCUT2D eigenvalue weighted by Crippen LogP contribution is -2.05. The number of carboxylic acids is 1. The number of rotatable bonds is 7. The number of phenols is 1. The highest BCUT2D eigenvalue weighted by molar-refractivity contribution is 5.97. The van der Waals surface area contributed by atoms with Crippen LogP contribution in [0.2, 0.25) is 0 Å². The molecule has 5 nitrogen and oxygen atoms in total. The summed E-state index contributed by atoms with van der Waals surface area (Å²) in [6, 6.07) is 5.24. The zero-order valence-corrected chi connectivity index (χ0v) is 14.3. The van der Waals surface area contributed by atoms with Crippen LogP contribution in [0.1, 0.15) is 40.4 Å². The predicted octanol–water partition coefficient (Wildman–Crippen LogP) is 4.17. The summed E-state index contributed by atoms with van der Waals surface area (Å²) >= 11 is 0. The van der Waals surface area contributed by atoms with Gasteiger partial charge in [0.25, 0.3) is 0 Å². The number of methoxy groups -OCH3 is 1. The summed E-state index contributed by atoms with van der Waals surface area (Å²) in [5.74, 6) is -0.994. The Balaban J connectivity index is 2.52. The largest absolute Gasteiger partial charge is 0.507 e. The molecule has 1 aromatic heterocycles. The van der Waals surface area contributed by atoms with Gasteiger partial charge in [0.2, 0.25) is 0 Å². The number of carbonyl (C=O) groups is 1. The smallest absolute Gasteiger partial charge is 0.340 e. The van der Waals surface area contributed by atoms with Gasteiger partial charge in [0.05, 0.1) is 7.11 Å². The Morgan fingerprint density at radius 2 is 2.00 bits per heavy atom. The molecular weight excluding hydrogens is 318 g/mol. The van der Waals surface area contributed by atoms with E-state index in [1.165, 1.54) is 7.11 Å². The van der Waals surface area contributed by atoms with Gasteiger partial charge in [0, 0.05) is 18.0 Å². The van der Waals surface area contributed by atoms with Crippen molar-refractivity contribution in [2.75, 3.05) is 7.11 Å². The van der Waals surface area contributed by atoms with Gasteiger partial charge in [-0.15, -0.1) is 6.58 Å². The molecule has 0 spiro atoms. The van der Waals surface area contributed by atoms with Gasteiger partial charge >= 0.3 is 5.97 Å². The van der Waals surface area contributed by atoms with E-state index in [4.69, 9.17) is 4.74 Å². The lowest BCUT2D eigenvalue weighted by molar-refractivity contribution is 0.0693. The van der Waals surface area contributed by atoms with E-state index in [9.17, 15) is 15.0 Å². The van der Waals surface area contributed by atoms with Crippen molar-refractivity contribution in [1.29, 1.82) is 0 Å². The first-order valence-electron chi connectivity index (χ1n) is 7.82. The fraction of sp³-hybridized carbons (Fsp3) is 0.200. The van der Waals surface area contributed by atoms with Crippen molar-refractivity contribution in [3.8, 4) is 11.5 Å². The molecule has 0 aliphatic carbocycles. The fourth-order valence-corrected chi connectivity index (χ4v) is 2.48. The first kappa shape index (κ1) is 18.3. The van der Waals surface area contributed by atoms with Crippen molar-refractivity contribution in [3.63, 3.8) is 0 Å². The third-order valence-corrected chi connectivity index (χ3v) is 3.79. The van der Waals surface area contributed by atoms with E-state index in [2.05, 4.69) is 11.6 Å². The van der Waals surface area contributed by atoms with Gasteiger partial charge in [-0.1, -0.05) is 17.7 Å². The van der Waals surface area contributed by atoms with Crippen LogP contribution in [0.4, 0.5) is 0 Å². The number of nitrogens with zero attached hydrogens (tertiary/aromatic N) is 1. The minimum absolute atomic E-state index is 0.136. The van der Waals surface area contributed by atoms with Gasteiger partial charge < -0.3 is 14.9 Å². The first-order valence-corrected chi connectivity index (χ1v) is 7.82. The molecule has 0 saturated heterocycles. The third kappa shape index (κ3) is 4.47. The molecule has 0 radical (unpaired) electrons. The second-order valence-corrected chi connectivity index (χ2v) is 5.75. The normalized spacial score (nSPS) is 10.8. The van der Waals surface area contributed by atoms with Crippen LogP contribution in [-0.4, -0.2) is 28.3 Å². The summed E-state index contributed by atoms with van der Waals surface area (Å²) in [6.07, 6.45) is 7.79. The lowest BCUT2D eigenvalue weighted by Gasteiger charge is -2.15. The molecule has 0 aliphatic heterocycles. The monoisotopic (exact) mass is 339 g/mol. The molecule has 0 unspecified atom stereocenters. The number of carboxylic acid groups (broad SMARTS) is 1. The van der Waals surface area contributed by atoms with Gasteiger partial charge in [-0.2, -0.15) is 0 Å². The van der Waals surface area contributed by atoms with E-state index in [1.807, 2.05) is 6.92 Å². The maximum absolute atomic E-state index is 11.7. The molecule has 25 heavy (non-hydrogen) atoms. The molecule has 0 aliphatic rings. The van der Waals surface area contributed by atoms with Crippen molar-refractivity contribution in [2.45, 2.75) is 19.8 Å². The molecule has 0 bridgehead atoms. The number of hydrogen-bond donors (Lipinski definition) is 2. The molecule has 5 heteroatoms. The van der Waals surface area contributed by atoms with E-state index in [0.29, 0.717) is 29.7 Å². The maximum Gasteiger partial charge on any atom is 0.340 e. The minimum Gasteiger partial charge on any atom is -0.507 e. The van der Waals surface area contributed by atoms with Crippen molar-refractivity contribution in [1.82, 2.24) is 4.98 Å². The van der Waals surface area contributed by atoms with Crippen LogP contribution < -0.4 is 4.74 Å². The SMILES string of the molecule is C=C(C)CCc1c(OC)cc(/C=C/c2ccncc2)c(C(=O)O)c1O. The van der Waals surface area contributed by atoms with Crippen LogP contribution in [0.15, 0.2) is 42.7 Å². The fourth-order valence-electron chi connectivity index (χ4n) is 2.48. The summed E-state index contributed by atoms with van der Waals surface area (Å²) in [7, 11) is 1.50. The molecular formula is C20H21NO4. The zero-order valence-electron chi connectivity index (χ0n) is 14.3. The summed E-state index contributed by atoms with van der Waals surface area (Å²) < 4.78 is 5.36. The average Bonchev–Trinajstić information content (AvgIpc) is 2.58. The van der Waals surface area contributed by atoms with Gasteiger partial charge in [-0.25, -0.2) is 4.79 Å². The topological polar surface area (TPSA) is 79.7 Å². The van der Waals surface area contributed by atoms with Crippen LogP contribution >= 0.6 is 0 Å². The quantitative estimate of drug-likeness (QED) is 0.740. The van der Waals surface area contributed by atoms with Crippen molar-refractivity contribution in [3.05, 3.63) is 65.0 Å². The van der Waals surface area contributed by atoms with Crippen LogP contribution in [0.25, 0.3) is 12.2 Å². The Bertz CT molecular complexity index is 810. The van der Waals surface area contributed by atoms with E-state index in [-0.39, 0.29) is 11.3 Å². The van der Waals surface area contributed by atoms with Crippen molar-refractivity contribution < 1.29 is 19.7 Å². The Hall–Kier alpha value is -3.08. The summed E-state index contributed by atoms with van der Waals surface area (Å²) in [4.78, 5) is 15.6. The van der Waals surface area contributed by atoms with Gasteiger partial charge in [0.15, 0.2) is 0 Å². The van der Waals surface area contributed by atoms with Gasteiger partial charge in [0.1, 0.15) is 17.1 Å². The predicted molar refractivity (Wildman–Crippen MR) is 97.9 cm³/mol. The Labute approximate surface area is 146 Å². The molecule has 0 fully saturated rings. The second kappa shape index (κ2) is 8.15. The number of aromatic nitrogens is 1. The van der Waals surface area contributed by atoms with E-state index >= 15 is 0 Å². The van der Waals surface area contributed by atoms with Crippen LogP contribution in [0.3, 0.4) is 0 Å². The Kier molecular flexibility index (Phi) is 5.95. The molecule has 1 aromatic carbocycles. The Morgan fingerprint density at radius 3 is 2.56 bits per heavy atom. The van der Waals surface area contributed by atoms with E-state index in [1.54, 1.807) is 42.7 Å². The molecule has 0 atom stereocenters. The minimum atomic E-state index is -1.19. The maximum atomic E-state index is 11.7.